The molecule has 1 atom stereocenters. The van der Waals surface area contributed by atoms with Crippen LogP contribution < -0.4 is 4.90 Å². The third-order valence-electron chi connectivity index (χ3n) is 4.52. The molecule has 1 amide bonds. The molecule has 1 unspecified atom stereocenters. The van der Waals surface area contributed by atoms with Gasteiger partial charge in [-0.2, -0.15) is 0 Å². The van der Waals surface area contributed by atoms with Gasteiger partial charge in [-0.25, -0.2) is 0 Å². The van der Waals surface area contributed by atoms with E-state index in [2.05, 4.69) is 45.0 Å². The Kier molecular flexibility index (Phi) is 3.32. The Hall–Kier alpha value is -2.09. The standard InChI is InChI=1S/C19H21NO/c1-4-19(15-10-6-5-7-11-15)16-12-8-9-13-17(16)20(14(2)3)18(19)21/h5-14H,4H2,1-3H3. The lowest BCUT2D eigenvalue weighted by Crippen LogP contribution is -2.43. The van der Waals surface area contributed by atoms with Gasteiger partial charge in [0.25, 0.3) is 0 Å². The molecule has 2 nitrogen and oxygen atoms in total. The fourth-order valence-corrected chi connectivity index (χ4v) is 3.53. The molecule has 0 saturated heterocycles. The zero-order valence-electron chi connectivity index (χ0n) is 12.8. The van der Waals surface area contributed by atoms with Crippen molar-refractivity contribution in [1.82, 2.24) is 0 Å². The zero-order valence-corrected chi connectivity index (χ0v) is 12.8. The van der Waals surface area contributed by atoms with Gasteiger partial charge in [-0.1, -0.05) is 55.5 Å². The second-order valence-corrected chi connectivity index (χ2v) is 5.91. The smallest absolute Gasteiger partial charge is 0.242 e. The lowest BCUT2D eigenvalue weighted by Gasteiger charge is -2.29. The van der Waals surface area contributed by atoms with Gasteiger partial charge in [0.05, 0.1) is 0 Å². The molecule has 1 aliphatic heterocycles. The average molecular weight is 279 g/mol. The third kappa shape index (κ3) is 1.82. The van der Waals surface area contributed by atoms with E-state index in [1.54, 1.807) is 0 Å². The average Bonchev–Trinajstić information content (AvgIpc) is 2.77. The largest absolute Gasteiger partial charge is 0.309 e. The van der Waals surface area contributed by atoms with E-state index in [4.69, 9.17) is 0 Å². The Bertz CT molecular complexity index is 662. The number of amides is 1. The Morgan fingerprint density at radius 2 is 1.62 bits per heavy atom. The van der Waals surface area contributed by atoms with Crippen LogP contribution in [0, 0.1) is 0 Å². The number of benzene rings is 2. The maximum absolute atomic E-state index is 13.3. The number of fused-ring (bicyclic) bond motifs is 1. The highest BCUT2D eigenvalue weighted by Crippen LogP contribution is 2.48. The highest BCUT2D eigenvalue weighted by atomic mass is 16.2. The van der Waals surface area contributed by atoms with Crippen molar-refractivity contribution in [3.63, 3.8) is 0 Å². The monoisotopic (exact) mass is 279 g/mol. The Morgan fingerprint density at radius 1 is 1.00 bits per heavy atom. The Morgan fingerprint density at radius 3 is 2.24 bits per heavy atom. The minimum absolute atomic E-state index is 0.163. The van der Waals surface area contributed by atoms with Gasteiger partial charge in [0, 0.05) is 11.7 Å². The molecule has 0 N–H and O–H groups in total. The lowest BCUT2D eigenvalue weighted by molar-refractivity contribution is -0.122. The summed E-state index contributed by atoms with van der Waals surface area (Å²) in [5, 5.41) is 0. The van der Waals surface area contributed by atoms with Crippen LogP contribution in [0.25, 0.3) is 0 Å². The number of carbonyl (C=O) groups excluding carboxylic acids is 1. The van der Waals surface area contributed by atoms with Crippen molar-refractivity contribution >= 4 is 11.6 Å². The number of anilines is 1. The predicted octanol–water partition coefficient (Wildman–Crippen LogP) is 4.14. The zero-order chi connectivity index (χ0) is 15.0. The normalized spacial score (nSPS) is 21.0. The van der Waals surface area contributed by atoms with Gasteiger partial charge in [-0.3, -0.25) is 4.79 Å². The number of carbonyl (C=O) groups is 1. The summed E-state index contributed by atoms with van der Waals surface area (Å²) in [6, 6.07) is 18.5. The van der Waals surface area contributed by atoms with Crippen LogP contribution in [-0.2, 0) is 10.2 Å². The van der Waals surface area contributed by atoms with Crippen LogP contribution in [0.1, 0.15) is 38.3 Å². The minimum atomic E-state index is -0.540. The molecular formula is C19H21NO. The molecule has 0 aromatic heterocycles. The van der Waals surface area contributed by atoms with Gasteiger partial charge in [-0.15, -0.1) is 0 Å². The van der Waals surface area contributed by atoms with E-state index in [0.29, 0.717) is 0 Å². The Balaban J connectivity index is 2.29. The van der Waals surface area contributed by atoms with Crippen molar-refractivity contribution in [2.75, 3.05) is 4.90 Å². The first kappa shape index (κ1) is 13.9. The van der Waals surface area contributed by atoms with E-state index < -0.39 is 5.41 Å². The van der Waals surface area contributed by atoms with E-state index in [1.165, 1.54) is 0 Å². The van der Waals surface area contributed by atoms with Crippen LogP contribution in [0.4, 0.5) is 5.69 Å². The van der Waals surface area contributed by atoms with Gasteiger partial charge in [0.15, 0.2) is 0 Å². The van der Waals surface area contributed by atoms with E-state index in [-0.39, 0.29) is 11.9 Å². The van der Waals surface area contributed by atoms with Crippen LogP contribution >= 0.6 is 0 Å². The van der Waals surface area contributed by atoms with E-state index in [0.717, 1.165) is 23.2 Å². The highest BCUT2D eigenvalue weighted by Gasteiger charge is 2.51. The van der Waals surface area contributed by atoms with Gasteiger partial charge in [-0.05, 0) is 37.5 Å². The maximum atomic E-state index is 13.3. The van der Waals surface area contributed by atoms with Gasteiger partial charge in [0.1, 0.15) is 5.41 Å². The molecule has 2 aromatic carbocycles. The van der Waals surface area contributed by atoms with Crippen molar-refractivity contribution in [3.8, 4) is 0 Å². The highest BCUT2D eigenvalue weighted by molar-refractivity contribution is 6.10. The second kappa shape index (κ2) is 5.03. The summed E-state index contributed by atoms with van der Waals surface area (Å²) in [4.78, 5) is 15.2. The van der Waals surface area contributed by atoms with Gasteiger partial charge >= 0.3 is 0 Å². The van der Waals surface area contributed by atoms with Crippen molar-refractivity contribution in [2.45, 2.75) is 38.6 Å². The molecule has 2 aromatic rings. The molecule has 3 rings (SSSR count). The van der Waals surface area contributed by atoms with Crippen LogP contribution in [0.5, 0.6) is 0 Å². The molecule has 1 heterocycles. The summed E-state index contributed by atoms with van der Waals surface area (Å²) in [5.74, 6) is 0.201. The number of hydrogen-bond donors (Lipinski definition) is 0. The van der Waals surface area contributed by atoms with Crippen LogP contribution in [0.15, 0.2) is 54.6 Å². The van der Waals surface area contributed by atoms with E-state index in [1.807, 2.05) is 35.2 Å². The molecule has 0 radical (unpaired) electrons. The first-order valence-corrected chi connectivity index (χ1v) is 7.61. The predicted molar refractivity (Wildman–Crippen MR) is 86.6 cm³/mol. The molecule has 0 aliphatic carbocycles. The first-order valence-electron chi connectivity index (χ1n) is 7.61. The molecule has 0 bridgehead atoms. The maximum Gasteiger partial charge on any atom is 0.242 e. The molecule has 21 heavy (non-hydrogen) atoms. The minimum Gasteiger partial charge on any atom is -0.309 e. The van der Waals surface area contributed by atoms with Crippen molar-refractivity contribution < 1.29 is 4.79 Å². The summed E-state index contributed by atoms with van der Waals surface area (Å²) in [6.07, 6.45) is 0.774. The second-order valence-electron chi connectivity index (χ2n) is 5.91. The van der Waals surface area contributed by atoms with E-state index >= 15 is 0 Å². The summed E-state index contributed by atoms with van der Waals surface area (Å²) in [6.45, 7) is 6.25. The van der Waals surface area contributed by atoms with Crippen molar-refractivity contribution in [1.29, 1.82) is 0 Å². The summed E-state index contributed by atoms with van der Waals surface area (Å²) in [7, 11) is 0. The number of para-hydroxylation sites is 1. The quantitative estimate of drug-likeness (QED) is 0.827. The number of nitrogens with zero attached hydrogens (tertiary/aromatic N) is 1. The van der Waals surface area contributed by atoms with Gasteiger partial charge < -0.3 is 4.90 Å². The number of hydrogen-bond acceptors (Lipinski definition) is 1. The SMILES string of the molecule is CCC1(c2ccccc2)C(=O)N(C(C)C)c2ccccc21. The molecular weight excluding hydrogens is 258 g/mol. The van der Waals surface area contributed by atoms with E-state index in [9.17, 15) is 4.79 Å². The van der Waals surface area contributed by atoms with Crippen molar-refractivity contribution in [2.24, 2.45) is 0 Å². The fraction of sp³-hybridized carbons (Fsp3) is 0.316. The molecule has 2 heteroatoms. The molecule has 0 fully saturated rings. The first-order chi connectivity index (χ1) is 10.1. The van der Waals surface area contributed by atoms with Crippen LogP contribution in [0.3, 0.4) is 0 Å². The summed E-state index contributed by atoms with van der Waals surface area (Å²) < 4.78 is 0. The lowest BCUT2D eigenvalue weighted by atomic mass is 9.73. The van der Waals surface area contributed by atoms with Crippen LogP contribution in [-0.4, -0.2) is 11.9 Å². The molecule has 1 aliphatic rings. The van der Waals surface area contributed by atoms with Gasteiger partial charge in [0.2, 0.25) is 5.91 Å². The summed E-state index contributed by atoms with van der Waals surface area (Å²) in [5.41, 5.74) is 2.75. The summed E-state index contributed by atoms with van der Waals surface area (Å²) >= 11 is 0. The molecule has 108 valence electrons. The third-order valence-corrected chi connectivity index (χ3v) is 4.52. The van der Waals surface area contributed by atoms with Crippen molar-refractivity contribution in [3.05, 3.63) is 65.7 Å². The fourth-order valence-electron chi connectivity index (χ4n) is 3.53. The number of rotatable bonds is 3. The van der Waals surface area contributed by atoms with Crippen LogP contribution in [0.2, 0.25) is 0 Å². The molecule has 0 saturated carbocycles. The molecule has 0 spiro atoms. The topological polar surface area (TPSA) is 20.3 Å². The Labute approximate surface area is 126 Å².